The van der Waals surface area contributed by atoms with E-state index in [9.17, 15) is 49.7 Å². The molecule has 0 unspecified atom stereocenters. The number of aromatic hydroxyl groups is 4. The van der Waals surface area contributed by atoms with E-state index in [1.807, 2.05) is 75.4 Å². The molecule has 44 heteroatoms. The van der Waals surface area contributed by atoms with Crippen molar-refractivity contribution in [3.05, 3.63) is 406 Å². The summed E-state index contributed by atoms with van der Waals surface area (Å²) < 4.78 is 10.4. The van der Waals surface area contributed by atoms with Gasteiger partial charge in [-0.1, -0.05) is 151 Å². The van der Waals surface area contributed by atoms with Crippen molar-refractivity contribution in [2.24, 2.45) is 40.9 Å². The number of hydrogen-bond donors (Lipinski definition) is 8. The number of fused-ring (bicyclic) bond motifs is 4. The van der Waals surface area contributed by atoms with E-state index in [2.05, 4.69) is 142 Å². The Hall–Kier alpha value is -22.5. The molecular formula is C104H71N33O11. The minimum Gasteiger partial charge on any atom is -0.505 e. The third-order valence-corrected chi connectivity index (χ3v) is 21.9. The number of aromatic nitrogens is 16. The average molecular weight is 1960 g/mol. The van der Waals surface area contributed by atoms with E-state index in [-0.39, 0.29) is 143 Å². The van der Waals surface area contributed by atoms with E-state index < -0.39 is 34.3 Å². The summed E-state index contributed by atoms with van der Waals surface area (Å²) in [6.45, 7) is 35.7. The van der Waals surface area contributed by atoms with Gasteiger partial charge >= 0.3 is 0 Å². The summed E-state index contributed by atoms with van der Waals surface area (Å²) in [5, 5.41) is 122. The van der Waals surface area contributed by atoms with Gasteiger partial charge in [-0.05, 0) is 133 Å². The number of rotatable bonds is 22. The molecule has 0 saturated heterocycles. The Morgan fingerprint density at radius 3 is 0.966 bits per heavy atom. The van der Waals surface area contributed by atoms with Crippen molar-refractivity contribution < 1.29 is 49.3 Å². The zero-order valence-corrected chi connectivity index (χ0v) is 77.6. The Kier molecular flexibility index (Phi) is 28.9. The van der Waals surface area contributed by atoms with Gasteiger partial charge in [0.1, 0.15) is 28.5 Å². The molecule has 0 fully saturated rings. The molecule has 8 heterocycles. The van der Waals surface area contributed by atoms with Crippen molar-refractivity contribution in [1.82, 2.24) is 79.0 Å². The molecule has 0 bridgehead atoms. The average Bonchev–Trinajstić information content (AvgIpc) is 0.799. The van der Waals surface area contributed by atoms with Gasteiger partial charge in [0, 0.05) is 100 Å². The number of anilines is 4. The number of benzene rings is 12. The van der Waals surface area contributed by atoms with Crippen molar-refractivity contribution in [2.45, 2.75) is 20.8 Å². The van der Waals surface area contributed by atoms with Crippen LogP contribution in [-0.2, 0) is 0 Å². The summed E-state index contributed by atoms with van der Waals surface area (Å²) in [6.07, 6.45) is 17.5. The standard InChI is InChI=1S/C27H20N8O2.C26H18N8O3.C26H18N8O2.C25H15N9O4/c1-16-9-10-21(17(2)13-16)32-26(37)20-14-18-7-4-5-8-19(18)23(24(20)36)33-34-25-22(28-3)15-31-35(25)27-29-11-6-12-30-27;1-27-20-15-30-34(26-28-12-7-13-29-26)24(20)33-32-22-17-9-4-3-8-16(17)14-18(23(22)35)25(36)31-19-10-5-6-11-21(19)37-2;1-16-8-10-18(11-9-16)31-25(36)20-14-17-6-3-4-7-19(17)22(23(20)35)32-33-24-21(27-2)15-30-34(24)26-28-12-5-13-29-26;1-26-20-14-29-33(25-27-10-5-11-28-25)23(20)32-31-21-18-9-3-2-6-15(18)12-19(22(21)35)24(36)30-16-7-4-8-17(13-16)34(37)38/h4-15,36H,1-2H3,(H,32,37);3-15,35H,2H3,(H,31,36);3-15,35H,1H3,(H,31,36);2-14,35H,(H,30,36). The molecule has 44 nitrogen and oxygen atoms in total. The van der Waals surface area contributed by atoms with Crippen LogP contribution in [0.4, 0.5) is 97.2 Å². The molecule has 718 valence electrons. The van der Waals surface area contributed by atoms with Crippen LogP contribution in [0.1, 0.15) is 58.1 Å². The molecule has 0 aliphatic heterocycles. The van der Waals surface area contributed by atoms with Crippen LogP contribution in [0, 0.1) is 57.2 Å². The fraction of sp³-hybridized carbons (Fsp3) is 0.0385. The maximum atomic E-state index is 13.2. The number of azo groups is 4. The Labute approximate surface area is 836 Å². The van der Waals surface area contributed by atoms with Crippen LogP contribution >= 0.6 is 0 Å². The van der Waals surface area contributed by atoms with E-state index in [1.54, 1.807) is 164 Å². The van der Waals surface area contributed by atoms with Gasteiger partial charge in [0.15, 0.2) is 46.3 Å². The van der Waals surface area contributed by atoms with Crippen LogP contribution in [0.3, 0.4) is 0 Å². The summed E-state index contributed by atoms with van der Waals surface area (Å²) >= 11 is 0. The highest BCUT2D eigenvalue weighted by Crippen LogP contribution is 2.47. The lowest BCUT2D eigenvalue weighted by molar-refractivity contribution is -0.384. The van der Waals surface area contributed by atoms with Gasteiger partial charge in [0.05, 0.1) is 91.1 Å². The Bertz CT molecular complexity index is 8880. The van der Waals surface area contributed by atoms with Crippen molar-refractivity contribution in [3.8, 4) is 52.5 Å². The fourth-order valence-electron chi connectivity index (χ4n) is 14.8. The molecule has 0 spiro atoms. The molecule has 12 aromatic carbocycles. The molecule has 8 N–H and O–H groups in total. The highest BCUT2D eigenvalue weighted by molar-refractivity contribution is 6.16. The lowest BCUT2D eigenvalue weighted by atomic mass is 10.0. The summed E-state index contributed by atoms with van der Waals surface area (Å²) in [5.74, 6) is -2.24. The molecule has 8 aromatic heterocycles. The summed E-state index contributed by atoms with van der Waals surface area (Å²) in [7, 11) is 1.50. The summed E-state index contributed by atoms with van der Waals surface area (Å²) in [4.78, 5) is 110. The van der Waals surface area contributed by atoms with Crippen LogP contribution in [0.25, 0.3) is 86.3 Å². The fourth-order valence-corrected chi connectivity index (χ4v) is 14.8. The molecule has 0 atom stereocenters. The van der Waals surface area contributed by atoms with Crippen molar-refractivity contribution in [2.75, 3.05) is 28.4 Å². The number of nitrogens with zero attached hydrogens (tertiary/aromatic N) is 29. The largest absolute Gasteiger partial charge is 0.505 e. The number of methoxy groups -OCH3 is 1. The number of carbonyl (C=O) groups excluding carboxylic acids is 4. The predicted octanol–water partition coefficient (Wildman–Crippen LogP) is 23.8. The highest BCUT2D eigenvalue weighted by atomic mass is 16.6. The second-order valence-electron chi connectivity index (χ2n) is 31.4. The number of phenols is 4. The number of carbonyl (C=O) groups is 4. The number of non-ortho nitro benzene ring substituents is 1. The molecule has 0 aliphatic rings. The Morgan fingerprint density at radius 1 is 0.338 bits per heavy atom. The van der Waals surface area contributed by atoms with Gasteiger partial charge in [-0.3, -0.25) is 29.3 Å². The number of amides is 4. The van der Waals surface area contributed by atoms with E-state index >= 15 is 0 Å². The monoisotopic (exact) mass is 1960 g/mol. The molecule has 0 radical (unpaired) electrons. The Morgan fingerprint density at radius 2 is 0.642 bits per heavy atom. The molecule has 20 aromatic rings. The number of nitro groups is 1. The maximum Gasteiger partial charge on any atom is 0.271 e. The third kappa shape index (κ3) is 21.2. The number of ether oxygens (including phenoxy) is 1. The summed E-state index contributed by atoms with van der Waals surface area (Å²) in [6, 6.07) is 66.6. The second-order valence-corrected chi connectivity index (χ2v) is 31.4. The predicted molar refractivity (Wildman–Crippen MR) is 546 cm³/mol. The first-order chi connectivity index (χ1) is 72.1. The first-order valence-electron chi connectivity index (χ1n) is 43.9. The molecule has 148 heavy (non-hydrogen) atoms. The molecule has 20 rings (SSSR count). The minimum atomic E-state index is -0.713. The third-order valence-electron chi connectivity index (χ3n) is 21.9. The number of nitrogens with one attached hydrogen (secondary N) is 4. The normalized spacial score (nSPS) is 11.0. The molecule has 4 amide bonds. The van der Waals surface area contributed by atoms with E-state index in [0.717, 1.165) is 16.7 Å². The van der Waals surface area contributed by atoms with E-state index in [1.165, 1.54) is 118 Å². The maximum absolute atomic E-state index is 13.2. The summed E-state index contributed by atoms with van der Waals surface area (Å²) in [5.41, 5.74) is 5.26. The lowest BCUT2D eigenvalue weighted by Crippen LogP contribution is -2.13. The van der Waals surface area contributed by atoms with Gasteiger partial charge in [0.25, 0.3) is 75.9 Å². The second kappa shape index (κ2) is 44.1. The number of nitro benzene ring substituents is 1. The first-order valence-corrected chi connectivity index (χ1v) is 43.9. The first kappa shape index (κ1) is 97.1. The van der Waals surface area contributed by atoms with E-state index in [4.69, 9.17) is 31.0 Å². The van der Waals surface area contributed by atoms with Crippen LogP contribution in [0.5, 0.6) is 28.7 Å². The van der Waals surface area contributed by atoms with Crippen LogP contribution in [0.2, 0.25) is 0 Å². The molecular weight excluding hydrogens is 1890 g/mol. The molecule has 0 saturated carbocycles. The highest BCUT2D eigenvalue weighted by Gasteiger charge is 2.28. The zero-order chi connectivity index (χ0) is 103. The topological polar surface area (TPSA) is 540 Å². The minimum absolute atomic E-state index is 0.0103. The van der Waals surface area contributed by atoms with Gasteiger partial charge in [0.2, 0.25) is 0 Å². The Balaban J connectivity index is 0.000000135. The van der Waals surface area contributed by atoms with Gasteiger partial charge in [-0.15, -0.1) is 40.9 Å². The van der Waals surface area contributed by atoms with Crippen molar-refractivity contribution in [3.63, 3.8) is 0 Å². The van der Waals surface area contributed by atoms with Crippen LogP contribution in [-0.4, -0.2) is 135 Å². The lowest BCUT2D eigenvalue weighted by Gasteiger charge is -2.13. The van der Waals surface area contributed by atoms with Crippen molar-refractivity contribution >= 4 is 164 Å². The quantitative estimate of drug-likeness (QED) is 0.0135. The van der Waals surface area contributed by atoms with E-state index in [0.29, 0.717) is 65.9 Å². The van der Waals surface area contributed by atoms with Gasteiger partial charge < -0.3 is 46.4 Å². The van der Waals surface area contributed by atoms with Gasteiger partial charge in [-0.25, -0.2) is 59.3 Å². The number of para-hydroxylation sites is 2. The number of hydrogen-bond acceptors (Lipinski definition) is 31. The van der Waals surface area contributed by atoms with Gasteiger partial charge in [-0.2, -0.15) is 39.1 Å². The van der Waals surface area contributed by atoms with Crippen LogP contribution in [0.15, 0.2) is 352 Å². The molecule has 0 aliphatic carbocycles. The van der Waals surface area contributed by atoms with Crippen LogP contribution < -0.4 is 26.0 Å². The zero-order valence-electron chi connectivity index (χ0n) is 77.6. The number of phenolic OH excluding ortho intramolecular Hbond substituents is 4. The van der Waals surface area contributed by atoms with Crippen molar-refractivity contribution in [1.29, 1.82) is 0 Å². The number of aryl methyl sites for hydroxylation is 3. The SMILES string of the molecule is [C-]#[N+]c1cnn(-c2ncccn2)c1N=Nc1c(O)c(C(=O)Nc2ccc(C)cc2)cc2ccccc12.[C-]#[N+]c1cnn(-c2ncccn2)c1N=Nc1c(O)c(C(=O)Nc2ccc(C)cc2C)cc2ccccc12.[C-]#[N+]c1cnn(-c2ncccn2)c1N=Nc1c(O)c(C(=O)Nc2cccc([N+](=O)[O-])c2)cc2ccccc12.[C-]#[N+]c1cnn(-c2ncccn2)c1N=Nc1c(O)c(C(=O)Nc2ccccc2OC)cc2ccccc12. The smallest absolute Gasteiger partial charge is 0.271 e.